The molecule has 0 aromatic carbocycles. The number of hydroxylamine groups is 2. The molecule has 4 heteroatoms. The molecule has 4 nitrogen and oxygen atoms in total. The second kappa shape index (κ2) is 3.43. The second-order valence-corrected chi connectivity index (χ2v) is 1.81. The lowest BCUT2D eigenvalue weighted by atomic mass is 10.4. The summed E-state index contributed by atoms with van der Waals surface area (Å²) in [6.07, 6.45) is 4.89. The molecule has 3 atom stereocenters. The van der Waals surface area contributed by atoms with E-state index >= 15 is 0 Å². The van der Waals surface area contributed by atoms with Gasteiger partial charge in [-0.25, -0.2) is 10.3 Å². The maximum absolute atomic E-state index is 10.6. The second-order valence-electron chi connectivity index (χ2n) is 1.81. The molecule has 2 N–H and O–H groups in total. The summed E-state index contributed by atoms with van der Waals surface area (Å²) in [7, 11) is 1.22. The molecule has 0 saturated heterocycles. The molecular weight excluding hydrogens is 120 g/mol. The van der Waals surface area contributed by atoms with Gasteiger partial charge in [-0.3, -0.25) is 0 Å². The molecular formula is C5H10N2O2. The molecule has 0 rings (SSSR count). The first-order valence-corrected chi connectivity index (χ1v) is 2.60. The van der Waals surface area contributed by atoms with Crippen molar-refractivity contribution in [1.82, 2.24) is 0 Å². The molecule has 0 aromatic rings. The third-order valence-electron chi connectivity index (χ3n) is 0.990. The van der Waals surface area contributed by atoms with Crippen molar-refractivity contribution >= 4 is 0 Å². The highest BCUT2D eigenvalue weighted by molar-refractivity contribution is 4.89. The first-order valence-electron chi connectivity index (χ1n) is 2.60. The summed E-state index contributed by atoms with van der Waals surface area (Å²) in [6.45, 7) is 1.53. The third-order valence-corrected chi connectivity index (χ3v) is 0.990. The van der Waals surface area contributed by atoms with Gasteiger partial charge in [-0.15, -0.1) is 6.42 Å². The molecule has 0 heterocycles. The summed E-state index contributed by atoms with van der Waals surface area (Å²) in [6, 6.07) is -0.567. The van der Waals surface area contributed by atoms with Crippen molar-refractivity contribution in [3.8, 4) is 12.3 Å². The van der Waals surface area contributed by atoms with Gasteiger partial charge in [-0.1, -0.05) is 0 Å². The Morgan fingerprint density at radius 2 is 2.00 bits per heavy atom. The summed E-state index contributed by atoms with van der Waals surface area (Å²) in [4.78, 5) is 0. The van der Waals surface area contributed by atoms with E-state index in [2.05, 4.69) is 5.92 Å². The highest BCUT2D eigenvalue weighted by atomic mass is 16.7. The lowest BCUT2D eigenvalue weighted by Gasteiger charge is -2.31. The molecule has 0 spiro atoms. The fraction of sp³-hybridized carbons (Fsp3) is 0.600. The quantitative estimate of drug-likeness (QED) is 0.316. The molecule has 9 heavy (non-hydrogen) atoms. The average Bonchev–Trinajstić information content (AvgIpc) is 1.84. The lowest BCUT2D eigenvalue weighted by Crippen LogP contribution is -3.56. The van der Waals surface area contributed by atoms with Gasteiger partial charge in [-0.2, -0.15) is 0 Å². The maximum Gasteiger partial charge on any atom is 0.189 e. The minimum Gasteiger partial charge on any atom is -0.584 e. The summed E-state index contributed by atoms with van der Waals surface area (Å²) in [5.41, 5.74) is 0. The fourth-order valence-electron chi connectivity index (χ4n) is 0.381. The Kier molecular flexibility index (Phi) is 3.20. The van der Waals surface area contributed by atoms with Crippen molar-refractivity contribution in [1.29, 1.82) is 0 Å². The number of rotatable bonds is 2. The van der Waals surface area contributed by atoms with E-state index in [1.165, 1.54) is 14.0 Å². The van der Waals surface area contributed by atoms with Crippen molar-refractivity contribution in [2.24, 2.45) is 0 Å². The van der Waals surface area contributed by atoms with Crippen LogP contribution in [0.2, 0.25) is 0 Å². The van der Waals surface area contributed by atoms with E-state index in [1.54, 1.807) is 0 Å². The highest BCUT2D eigenvalue weighted by Gasteiger charge is 2.06. The smallest absolute Gasteiger partial charge is 0.189 e. The lowest BCUT2D eigenvalue weighted by molar-refractivity contribution is -1.46. The predicted molar refractivity (Wildman–Crippen MR) is 32.9 cm³/mol. The van der Waals surface area contributed by atoms with E-state index in [0.717, 1.165) is 0 Å². The van der Waals surface area contributed by atoms with Crippen LogP contribution in [0, 0.1) is 22.8 Å². The van der Waals surface area contributed by atoms with E-state index in [-0.39, 0.29) is 0 Å². The Morgan fingerprint density at radius 3 is 2.11 bits per heavy atom. The van der Waals surface area contributed by atoms with Crippen LogP contribution in [0.3, 0.4) is 0 Å². The van der Waals surface area contributed by atoms with E-state index in [9.17, 15) is 10.4 Å². The molecule has 0 fully saturated rings. The largest absolute Gasteiger partial charge is 0.584 e. The monoisotopic (exact) mass is 130 g/mol. The van der Waals surface area contributed by atoms with Gasteiger partial charge in [0.25, 0.3) is 0 Å². The molecule has 0 radical (unpaired) electrons. The van der Waals surface area contributed by atoms with Crippen molar-refractivity contribution in [3.05, 3.63) is 10.4 Å². The Bertz CT molecular complexity index is 119. The van der Waals surface area contributed by atoms with Crippen LogP contribution in [0.1, 0.15) is 6.92 Å². The Balaban J connectivity index is 3.76. The van der Waals surface area contributed by atoms with E-state index < -0.39 is 16.4 Å². The minimum absolute atomic E-state index is 0.472. The Morgan fingerprint density at radius 1 is 1.56 bits per heavy atom. The summed E-state index contributed by atoms with van der Waals surface area (Å²) >= 11 is 0. The average molecular weight is 130 g/mol. The number of hydrogen-bond acceptors (Lipinski definition) is 2. The van der Waals surface area contributed by atoms with Gasteiger partial charge in [0.15, 0.2) is 6.04 Å². The van der Waals surface area contributed by atoms with Crippen molar-refractivity contribution < 1.29 is 10.3 Å². The van der Waals surface area contributed by atoms with Crippen molar-refractivity contribution in [2.45, 2.75) is 13.0 Å². The summed E-state index contributed by atoms with van der Waals surface area (Å²) in [5, 5.41) is 19.9. The topological polar surface area (TPSA) is 55.0 Å². The van der Waals surface area contributed by atoms with Crippen molar-refractivity contribution in [2.75, 3.05) is 7.05 Å². The highest BCUT2D eigenvalue weighted by Crippen LogP contribution is 1.60. The minimum atomic E-state index is -0.567. The van der Waals surface area contributed by atoms with Gasteiger partial charge in [0, 0.05) is 6.92 Å². The molecule has 0 aliphatic carbocycles. The van der Waals surface area contributed by atoms with Crippen LogP contribution in [0.15, 0.2) is 0 Å². The molecule has 0 saturated carbocycles. The van der Waals surface area contributed by atoms with Gasteiger partial charge in [0.05, 0.1) is 0 Å². The fourth-order valence-corrected chi connectivity index (χ4v) is 0.381. The normalized spacial score (nSPS) is 19.9. The number of hydrogen-bond donors (Lipinski definition) is 2. The zero-order valence-electron chi connectivity index (χ0n) is 5.47. The SMILES string of the molecule is C#CC(C)[NH+]([O-])[NH+](C)[O-]. The van der Waals surface area contributed by atoms with Gasteiger partial charge in [0.1, 0.15) is 7.05 Å². The standard InChI is InChI=1S/C5H10N2O2/c1-4-5(2)7(9)6(3)8/h1,5-7H,2-3H3. The first kappa shape index (κ1) is 8.40. The van der Waals surface area contributed by atoms with Crippen LogP contribution in [-0.4, -0.2) is 13.1 Å². The Labute approximate surface area is 54.2 Å². The third kappa shape index (κ3) is 2.44. The number of quaternary nitrogens is 2. The molecule has 52 valence electrons. The zero-order valence-corrected chi connectivity index (χ0v) is 5.47. The van der Waals surface area contributed by atoms with Crippen LogP contribution in [0.4, 0.5) is 0 Å². The molecule has 0 aromatic heterocycles. The first-order chi connectivity index (χ1) is 4.09. The number of terminal acetylenes is 1. The molecule has 0 aliphatic heterocycles. The summed E-state index contributed by atoms with van der Waals surface area (Å²) in [5.74, 6) is 2.18. The van der Waals surface area contributed by atoms with Gasteiger partial charge >= 0.3 is 0 Å². The molecule has 0 aliphatic rings. The van der Waals surface area contributed by atoms with Gasteiger partial charge < -0.3 is 10.4 Å². The van der Waals surface area contributed by atoms with Gasteiger partial charge in [-0.05, 0) is 5.92 Å². The van der Waals surface area contributed by atoms with Gasteiger partial charge in [0.2, 0.25) is 0 Å². The molecule has 0 bridgehead atoms. The Hall–Kier alpha value is -0.600. The van der Waals surface area contributed by atoms with E-state index in [0.29, 0.717) is 0 Å². The van der Waals surface area contributed by atoms with Crippen LogP contribution < -0.4 is 10.3 Å². The molecule has 0 amide bonds. The number of nitrogens with one attached hydrogen (secondary N) is 2. The molecule has 3 unspecified atom stereocenters. The van der Waals surface area contributed by atoms with E-state index in [1.807, 2.05) is 0 Å². The van der Waals surface area contributed by atoms with Crippen LogP contribution in [0.25, 0.3) is 0 Å². The zero-order chi connectivity index (χ0) is 7.44. The van der Waals surface area contributed by atoms with Crippen molar-refractivity contribution in [3.63, 3.8) is 0 Å². The van der Waals surface area contributed by atoms with E-state index in [4.69, 9.17) is 6.42 Å². The van der Waals surface area contributed by atoms with Crippen LogP contribution in [0.5, 0.6) is 0 Å². The van der Waals surface area contributed by atoms with Crippen LogP contribution >= 0.6 is 0 Å². The predicted octanol–water partition coefficient (Wildman–Crippen LogP) is -2.68. The summed E-state index contributed by atoms with van der Waals surface area (Å²) < 4.78 is 0. The maximum atomic E-state index is 10.6. The van der Waals surface area contributed by atoms with Crippen LogP contribution in [-0.2, 0) is 0 Å².